The first-order valence-electron chi connectivity index (χ1n) is 3.31. The lowest BCUT2D eigenvalue weighted by Crippen LogP contribution is -2.11. The molecule has 68 valence electrons. The molecule has 0 bridgehead atoms. The number of carbonyl (C=O) groups excluding carboxylic acids is 1. The van der Waals surface area contributed by atoms with Crippen molar-refractivity contribution in [2.24, 2.45) is 10.2 Å². The lowest BCUT2D eigenvalue weighted by atomic mass is 10.5. The second kappa shape index (κ2) is 5.36. The van der Waals surface area contributed by atoms with Crippen molar-refractivity contribution >= 4 is 12.0 Å². The molecule has 0 radical (unpaired) electrons. The highest BCUT2D eigenvalue weighted by Gasteiger charge is 2.01. The van der Waals surface area contributed by atoms with E-state index in [2.05, 4.69) is 10.2 Å². The maximum absolute atomic E-state index is 10.6. The quantitative estimate of drug-likeness (QED) is 0.648. The van der Waals surface area contributed by atoms with E-state index in [4.69, 9.17) is 9.84 Å². The number of amides is 2. The molecule has 0 aliphatic carbocycles. The molecule has 6 heteroatoms. The Morgan fingerprint density at radius 1 is 1.42 bits per heavy atom. The fourth-order valence-corrected chi connectivity index (χ4v) is 0.365. The van der Waals surface area contributed by atoms with E-state index < -0.39 is 12.0 Å². The summed E-state index contributed by atoms with van der Waals surface area (Å²) in [5.74, 6) is -0.703. The average Bonchev–Trinajstić information content (AvgIpc) is 1.96. The van der Waals surface area contributed by atoms with Crippen LogP contribution in [0.3, 0.4) is 0 Å². The molecule has 1 N–H and O–H groups in total. The van der Waals surface area contributed by atoms with Crippen molar-refractivity contribution in [3.05, 3.63) is 0 Å². The van der Waals surface area contributed by atoms with Crippen molar-refractivity contribution in [1.29, 1.82) is 0 Å². The maximum atomic E-state index is 10.6. The van der Waals surface area contributed by atoms with Gasteiger partial charge in [0.1, 0.15) is 6.61 Å². The fourth-order valence-electron chi connectivity index (χ4n) is 0.365. The monoisotopic (exact) mass is 174 g/mol. The molecule has 0 spiro atoms. The molecule has 0 aromatic carbocycles. The first-order valence-corrected chi connectivity index (χ1v) is 3.31. The van der Waals surface area contributed by atoms with Crippen molar-refractivity contribution in [3.63, 3.8) is 0 Å². The van der Waals surface area contributed by atoms with Crippen molar-refractivity contribution in [3.8, 4) is 0 Å². The van der Waals surface area contributed by atoms with Gasteiger partial charge in [0, 0.05) is 0 Å². The van der Waals surface area contributed by atoms with Crippen LogP contribution in [0.25, 0.3) is 0 Å². The third-order valence-electron chi connectivity index (χ3n) is 0.787. The van der Waals surface area contributed by atoms with E-state index in [-0.39, 0.29) is 12.7 Å². The third kappa shape index (κ3) is 6.81. The topological polar surface area (TPSA) is 88.3 Å². The van der Waals surface area contributed by atoms with Gasteiger partial charge in [0.05, 0.1) is 6.10 Å². The molecule has 0 fully saturated rings. The SMILES string of the molecule is CC(C)OCC(=O)/N=N\C(=O)O. The van der Waals surface area contributed by atoms with Gasteiger partial charge in [0.25, 0.3) is 5.91 Å². The Labute approximate surface area is 69.2 Å². The number of hydrogen-bond acceptors (Lipinski definition) is 3. The predicted molar refractivity (Wildman–Crippen MR) is 39.0 cm³/mol. The van der Waals surface area contributed by atoms with Gasteiger partial charge in [-0.25, -0.2) is 4.79 Å². The van der Waals surface area contributed by atoms with E-state index in [9.17, 15) is 9.59 Å². The van der Waals surface area contributed by atoms with Gasteiger partial charge in [0.2, 0.25) is 0 Å². The van der Waals surface area contributed by atoms with Crippen molar-refractivity contribution in [2.45, 2.75) is 20.0 Å². The lowest BCUT2D eigenvalue weighted by molar-refractivity contribution is -0.124. The smallest absolute Gasteiger partial charge is 0.450 e. The van der Waals surface area contributed by atoms with Gasteiger partial charge >= 0.3 is 6.09 Å². The third-order valence-corrected chi connectivity index (χ3v) is 0.787. The fraction of sp³-hybridized carbons (Fsp3) is 0.667. The molecule has 0 rings (SSSR count). The standard InChI is InChI=1S/C6H10N2O4/c1-4(2)12-3-5(9)7-8-6(10)11/h4H,3H2,1-2H3,(H,10,11)/b8-7-. The Bertz CT molecular complexity index is 200. The highest BCUT2D eigenvalue weighted by molar-refractivity contribution is 5.79. The largest absolute Gasteiger partial charge is 0.462 e. The Kier molecular flexibility index (Phi) is 4.78. The summed E-state index contributed by atoms with van der Waals surface area (Å²) in [6, 6.07) is 0. The Balaban J connectivity index is 3.67. The molecule has 12 heavy (non-hydrogen) atoms. The normalized spacial score (nSPS) is 10.9. The molecule has 0 atom stereocenters. The molecule has 0 heterocycles. The Morgan fingerprint density at radius 2 is 2.00 bits per heavy atom. The first kappa shape index (κ1) is 10.7. The van der Waals surface area contributed by atoms with E-state index in [1.807, 2.05) is 0 Å². The molecule has 0 unspecified atom stereocenters. The summed E-state index contributed by atoms with van der Waals surface area (Å²) in [5, 5.41) is 13.5. The van der Waals surface area contributed by atoms with Crippen LogP contribution in [0.2, 0.25) is 0 Å². The molecular weight excluding hydrogens is 164 g/mol. The maximum Gasteiger partial charge on any atom is 0.450 e. The van der Waals surface area contributed by atoms with E-state index in [1.54, 1.807) is 13.8 Å². The van der Waals surface area contributed by atoms with E-state index in [1.165, 1.54) is 0 Å². The minimum atomic E-state index is -1.49. The number of carboxylic acid groups (broad SMARTS) is 1. The molecule has 0 saturated heterocycles. The minimum Gasteiger partial charge on any atom is -0.462 e. The molecule has 2 amide bonds. The van der Waals surface area contributed by atoms with E-state index in [0.29, 0.717) is 0 Å². The summed E-state index contributed by atoms with van der Waals surface area (Å²) in [5.41, 5.74) is 0. The van der Waals surface area contributed by atoms with Crippen molar-refractivity contribution in [2.75, 3.05) is 6.61 Å². The highest BCUT2D eigenvalue weighted by Crippen LogP contribution is 1.89. The molecule has 0 saturated carbocycles. The van der Waals surface area contributed by atoms with Gasteiger partial charge in [-0.2, -0.15) is 0 Å². The van der Waals surface area contributed by atoms with Crippen LogP contribution in [0.5, 0.6) is 0 Å². The summed E-state index contributed by atoms with van der Waals surface area (Å²) < 4.78 is 4.84. The molecule has 0 aliphatic rings. The summed E-state index contributed by atoms with van der Waals surface area (Å²) in [4.78, 5) is 20.4. The van der Waals surface area contributed by atoms with Crippen LogP contribution in [0.1, 0.15) is 13.8 Å². The zero-order valence-corrected chi connectivity index (χ0v) is 6.85. The zero-order chi connectivity index (χ0) is 9.56. The second-order valence-electron chi connectivity index (χ2n) is 2.24. The Morgan fingerprint density at radius 3 is 2.42 bits per heavy atom. The molecule has 0 aromatic heterocycles. The molecule has 6 nitrogen and oxygen atoms in total. The van der Waals surface area contributed by atoms with Crippen LogP contribution < -0.4 is 0 Å². The molecule has 0 aliphatic heterocycles. The van der Waals surface area contributed by atoms with Gasteiger partial charge in [-0.1, -0.05) is 5.11 Å². The zero-order valence-electron chi connectivity index (χ0n) is 6.85. The molecule has 0 aromatic rings. The number of rotatable bonds is 3. The van der Waals surface area contributed by atoms with Crippen LogP contribution in [-0.4, -0.2) is 29.8 Å². The second-order valence-corrected chi connectivity index (χ2v) is 2.24. The number of azo groups is 1. The first-order chi connectivity index (χ1) is 5.52. The summed E-state index contributed by atoms with van der Waals surface area (Å²) in [6.07, 6.45) is -1.58. The van der Waals surface area contributed by atoms with Crippen LogP contribution >= 0.6 is 0 Å². The van der Waals surface area contributed by atoms with Gasteiger partial charge in [-0.3, -0.25) is 4.79 Å². The van der Waals surface area contributed by atoms with Crippen LogP contribution in [-0.2, 0) is 9.53 Å². The highest BCUT2D eigenvalue weighted by atomic mass is 16.5. The Hall–Kier alpha value is -1.30. The minimum absolute atomic E-state index is 0.0889. The summed E-state index contributed by atoms with van der Waals surface area (Å²) in [6.45, 7) is 3.26. The number of hydrogen-bond donors (Lipinski definition) is 1. The summed E-state index contributed by atoms with van der Waals surface area (Å²) in [7, 11) is 0. The average molecular weight is 174 g/mol. The van der Waals surface area contributed by atoms with E-state index >= 15 is 0 Å². The lowest BCUT2D eigenvalue weighted by Gasteiger charge is -2.02. The number of nitrogens with zero attached hydrogens (tertiary/aromatic N) is 2. The summed E-state index contributed by atoms with van der Waals surface area (Å²) >= 11 is 0. The number of ether oxygens (including phenoxy) is 1. The van der Waals surface area contributed by atoms with Gasteiger partial charge in [-0.05, 0) is 13.8 Å². The van der Waals surface area contributed by atoms with Crippen LogP contribution in [0.15, 0.2) is 10.2 Å². The van der Waals surface area contributed by atoms with Gasteiger partial charge < -0.3 is 9.84 Å². The van der Waals surface area contributed by atoms with E-state index in [0.717, 1.165) is 0 Å². The molecular formula is C6H10N2O4. The predicted octanol–water partition coefficient (Wildman–Crippen LogP) is 1.07. The van der Waals surface area contributed by atoms with Crippen LogP contribution in [0.4, 0.5) is 4.79 Å². The van der Waals surface area contributed by atoms with Gasteiger partial charge in [-0.15, -0.1) is 5.11 Å². The van der Waals surface area contributed by atoms with Crippen LogP contribution in [0, 0.1) is 0 Å². The van der Waals surface area contributed by atoms with Crippen molar-refractivity contribution in [1.82, 2.24) is 0 Å². The van der Waals surface area contributed by atoms with Crippen molar-refractivity contribution < 1.29 is 19.4 Å². The van der Waals surface area contributed by atoms with Gasteiger partial charge in [0.15, 0.2) is 0 Å². The number of carbonyl (C=O) groups is 2.